The van der Waals surface area contributed by atoms with E-state index in [0.29, 0.717) is 47.7 Å². The number of aryl methyl sites for hydroxylation is 1. The maximum atomic E-state index is 13.4. The van der Waals surface area contributed by atoms with Gasteiger partial charge in [0.1, 0.15) is 6.10 Å². The number of aromatic nitrogens is 3. The third-order valence-electron chi connectivity index (χ3n) is 6.21. The standard InChI is InChI=1S/C25H25N3O5/c1-4-32-17-12-8-11-16(22(17)29)23-21-20-18(24(30)27(3)25(31)26(20)2)19(28(21)13-14-33-23)15-9-6-5-7-10-15/h5-12,23,29H,4,13-14H2,1-3H3/t23-/m0/s1. The molecule has 33 heavy (non-hydrogen) atoms. The molecule has 3 heterocycles. The van der Waals surface area contributed by atoms with E-state index < -0.39 is 11.8 Å². The average molecular weight is 447 g/mol. The number of nitrogens with zero attached hydrogens (tertiary/aromatic N) is 3. The van der Waals surface area contributed by atoms with Gasteiger partial charge in [-0.2, -0.15) is 0 Å². The summed E-state index contributed by atoms with van der Waals surface area (Å²) in [6, 6.07) is 14.9. The zero-order chi connectivity index (χ0) is 23.3. The Morgan fingerprint density at radius 2 is 1.82 bits per heavy atom. The van der Waals surface area contributed by atoms with Crippen molar-refractivity contribution in [3.05, 3.63) is 80.6 Å². The maximum absolute atomic E-state index is 13.4. The van der Waals surface area contributed by atoms with Crippen LogP contribution in [0.1, 0.15) is 24.3 Å². The van der Waals surface area contributed by atoms with Crippen molar-refractivity contribution in [2.75, 3.05) is 13.2 Å². The van der Waals surface area contributed by atoms with E-state index in [1.165, 1.54) is 11.6 Å². The largest absolute Gasteiger partial charge is 0.504 e. The minimum absolute atomic E-state index is 0.0118. The lowest BCUT2D eigenvalue weighted by Gasteiger charge is -2.28. The first-order valence-corrected chi connectivity index (χ1v) is 10.9. The minimum Gasteiger partial charge on any atom is -0.504 e. The number of hydrogen-bond acceptors (Lipinski definition) is 5. The number of phenols is 1. The van der Waals surface area contributed by atoms with E-state index in [-0.39, 0.29) is 11.3 Å². The minimum atomic E-state index is -0.683. The van der Waals surface area contributed by atoms with Crippen molar-refractivity contribution < 1.29 is 14.6 Å². The molecule has 0 saturated carbocycles. The van der Waals surface area contributed by atoms with Crippen LogP contribution in [-0.4, -0.2) is 32.0 Å². The van der Waals surface area contributed by atoms with Gasteiger partial charge in [0.2, 0.25) is 0 Å². The second-order valence-corrected chi connectivity index (χ2v) is 8.06. The van der Waals surface area contributed by atoms with Crippen LogP contribution >= 0.6 is 0 Å². The van der Waals surface area contributed by atoms with Crippen molar-refractivity contribution in [1.29, 1.82) is 0 Å². The lowest BCUT2D eigenvalue weighted by atomic mass is 10.0. The highest BCUT2D eigenvalue weighted by Crippen LogP contribution is 2.44. The molecule has 0 bridgehead atoms. The number of hydrogen-bond donors (Lipinski definition) is 1. The Labute approximate surface area is 189 Å². The lowest BCUT2D eigenvalue weighted by Crippen LogP contribution is -2.37. The van der Waals surface area contributed by atoms with Gasteiger partial charge in [-0.1, -0.05) is 42.5 Å². The third-order valence-corrected chi connectivity index (χ3v) is 6.21. The molecule has 1 aliphatic heterocycles. The third kappa shape index (κ3) is 3.09. The molecule has 0 radical (unpaired) electrons. The predicted molar refractivity (Wildman–Crippen MR) is 125 cm³/mol. The fourth-order valence-corrected chi connectivity index (χ4v) is 4.74. The van der Waals surface area contributed by atoms with E-state index in [1.54, 1.807) is 25.2 Å². The van der Waals surface area contributed by atoms with Gasteiger partial charge in [-0.05, 0) is 18.6 Å². The normalized spacial score (nSPS) is 15.5. The molecule has 0 saturated heterocycles. The van der Waals surface area contributed by atoms with Gasteiger partial charge in [-0.3, -0.25) is 13.9 Å². The Hall–Kier alpha value is -3.78. The molecule has 0 spiro atoms. The second-order valence-electron chi connectivity index (χ2n) is 8.06. The Kier molecular flexibility index (Phi) is 5.09. The lowest BCUT2D eigenvalue weighted by molar-refractivity contribution is 0.0462. The molecule has 1 atom stereocenters. The zero-order valence-corrected chi connectivity index (χ0v) is 18.7. The van der Waals surface area contributed by atoms with E-state index in [9.17, 15) is 14.7 Å². The first-order chi connectivity index (χ1) is 16.0. The maximum Gasteiger partial charge on any atom is 0.331 e. The number of rotatable bonds is 4. The van der Waals surface area contributed by atoms with Crippen molar-refractivity contribution in [2.24, 2.45) is 14.1 Å². The van der Waals surface area contributed by atoms with Crippen LogP contribution in [0.15, 0.2) is 58.1 Å². The zero-order valence-electron chi connectivity index (χ0n) is 18.7. The van der Waals surface area contributed by atoms with Crippen LogP contribution in [-0.2, 0) is 25.4 Å². The van der Waals surface area contributed by atoms with E-state index in [0.717, 1.165) is 15.8 Å². The second kappa shape index (κ2) is 7.97. The van der Waals surface area contributed by atoms with Crippen LogP contribution in [0.2, 0.25) is 0 Å². The van der Waals surface area contributed by atoms with Crippen LogP contribution in [0.4, 0.5) is 0 Å². The van der Waals surface area contributed by atoms with Crippen LogP contribution in [0.3, 0.4) is 0 Å². The first-order valence-electron chi connectivity index (χ1n) is 10.9. The number of aromatic hydroxyl groups is 1. The summed E-state index contributed by atoms with van der Waals surface area (Å²) in [6.07, 6.45) is -0.683. The summed E-state index contributed by atoms with van der Waals surface area (Å²) in [7, 11) is 3.14. The first kappa shape index (κ1) is 21.1. The summed E-state index contributed by atoms with van der Waals surface area (Å²) in [6.45, 7) is 3.14. The Morgan fingerprint density at radius 1 is 1.06 bits per heavy atom. The van der Waals surface area contributed by atoms with Crippen molar-refractivity contribution in [3.8, 4) is 22.8 Å². The van der Waals surface area contributed by atoms with E-state index in [1.807, 2.05) is 41.8 Å². The summed E-state index contributed by atoms with van der Waals surface area (Å²) in [4.78, 5) is 26.3. The Balaban J connectivity index is 1.91. The molecule has 1 aliphatic rings. The van der Waals surface area contributed by atoms with Crippen molar-refractivity contribution in [3.63, 3.8) is 0 Å². The number of para-hydroxylation sites is 1. The topological polar surface area (TPSA) is 87.6 Å². The van der Waals surface area contributed by atoms with Gasteiger partial charge in [0.05, 0.1) is 35.5 Å². The smallest absolute Gasteiger partial charge is 0.331 e. The van der Waals surface area contributed by atoms with E-state index in [4.69, 9.17) is 9.47 Å². The van der Waals surface area contributed by atoms with Crippen molar-refractivity contribution >= 4 is 10.9 Å². The van der Waals surface area contributed by atoms with Gasteiger partial charge in [0.25, 0.3) is 5.56 Å². The highest BCUT2D eigenvalue weighted by molar-refractivity contribution is 5.96. The molecule has 4 aromatic rings. The number of ether oxygens (including phenoxy) is 2. The van der Waals surface area contributed by atoms with Gasteiger partial charge in [0, 0.05) is 26.2 Å². The summed E-state index contributed by atoms with van der Waals surface area (Å²) < 4.78 is 16.4. The Morgan fingerprint density at radius 3 is 2.55 bits per heavy atom. The molecule has 2 aromatic heterocycles. The molecule has 2 aromatic carbocycles. The van der Waals surface area contributed by atoms with Crippen LogP contribution < -0.4 is 16.0 Å². The van der Waals surface area contributed by atoms with E-state index in [2.05, 4.69) is 0 Å². The molecular weight excluding hydrogens is 422 g/mol. The molecule has 0 fully saturated rings. The molecule has 8 heteroatoms. The number of fused-ring (bicyclic) bond motifs is 3. The highest BCUT2D eigenvalue weighted by atomic mass is 16.5. The molecule has 1 N–H and O–H groups in total. The SMILES string of the molecule is CCOc1cccc([C@@H]2OCCn3c(-c4ccccc4)c4c(=O)n(C)c(=O)n(C)c4c32)c1O. The van der Waals surface area contributed by atoms with E-state index >= 15 is 0 Å². The van der Waals surface area contributed by atoms with Crippen molar-refractivity contribution in [2.45, 2.75) is 19.6 Å². The monoisotopic (exact) mass is 447 g/mol. The van der Waals surface area contributed by atoms with Crippen LogP contribution in [0.5, 0.6) is 11.5 Å². The fraction of sp³-hybridized carbons (Fsp3) is 0.280. The average Bonchev–Trinajstić information content (AvgIpc) is 3.19. The quantitative estimate of drug-likeness (QED) is 0.520. The molecule has 0 aliphatic carbocycles. The van der Waals surface area contributed by atoms with Gasteiger partial charge < -0.3 is 19.1 Å². The van der Waals surface area contributed by atoms with Gasteiger partial charge in [-0.25, -0.2) is 4.79 Å². The highest BCUT2D eigenvalue weighted by Gasteiger charge is 2.34. The summed E-state index contributed by atoms with van der Waals surface area (Å²) in [5.74, 6) is 0.349. The van der Waals surface area contributed by atoms with Gasteiger partial charge >= 0.3 is 5.69 Å². The van der Waals surface area contributed by atoms with Crippen molar-refractivity contribution in [1.82, 2.24) is 13.7 Å². The Bertz CT molecular complexity index is 1480. The molecule has 170 valence electrons. The van der Waals surface area contributed by atoms with Gasteiger partial charge in [0.15, 0.2) is 11.5 Å². The molecule has 5 rings (SSSR count). The summed E-state index contributed by atoms with van der Waals surface area (Å²) in [5, 5.41) is 11.4. The fourth-order valence-electron chi connectivity index (χ4n) is 4.74. The number of benzene rings is 2. The molecular formula is C25H25N3O5. The predicted octanol–water partition coefficient (Wildman–Crippen LogP) is 2.93. The van der Waals surface area contributed by atoms with Crippen LogP contribution in [0.25, 0.3) is 22.2 Å². The summed E-state index contributed by atoms with van der Waals surface area (Å²) >= 11 is 0. The summed E-state index contributed by atoms with van der Waals surface area (Å²) in [5.41, 5.74) is 2.53. The van der Waals surface area contributed by atoms with Crippen LogP contribution in [0, 0.1) is 0 Å². The molecule has 0 amide bonds. The molecule has 0 unspecified atom stereocenters. The van der Waals surface area contributed by atoms with Gasteiger partial charge in [-0.15, -0.1) is 0 Å². The molecule has 8 nitrogen and oxygen atoms in total. The number of phenolic OH excluding ortho intramolecular Hbond substituents is 1.